The van der Waals surface area contributed by atoms with Gasteiger partial charge in [0.15, 0.2) is 11.0 Å². The molecular weight excluding hydrogens is 226 g/mol. The summed E-state index contributed by atoms with van der Waals surface area (Å²) in [5.41, 5.74) is 1.76. The van der Waals surface area contributed by atoms with Gasteiger partial charge in [0.1, 0.15) is 0 Å². The Labute approximate surface area is 101 Å². The van der Waals surface area contributed by atoms with Gasteiger partial charge in [0.25, 0.3) is 0 Å². The molecule has 0 aliphatic carbocycles. The van der Waals surface area contributed by atoms with E-state index in [0.29, 0.717) is 17.6 Å². The van der Waals surface area contributed by atoms with E-state index < -0.39 is 0 Å². The van der Waals surface area contributed by atoms with Gasteiger partial charge in [0.05, 0.1) is 11.4 Å². The monoisotopic (exact) mass is 243 g/mol. The van der Waals surface area contributed by atoms with Gasteiger partial charge in [0, 0.05) is 19.8 Å². The van der Waals surface area contributed by atoms with E-state index in [1.807, 2.05) is 13.8 Å². The van der Waals surface area contributed by atoms with Gasteiger partial charge in [-0.3, -0.25) is 0 Å². The maximum absolute atomic E-state index is 6.01. The first-order valence-electron chi connectivity index (χ1n) is 5.30. The fourth-order valence-corrected chi connectivity index (χ4v) is 1.49. The van der Waals surface area contributed by atoms with Crippen LogP contribution in [0.2, 0.25) is 5.15 Å². The highest BCUT2D eigenvalue weighted by molar-refractivity contribution is 6.31. The molecule has 0 amide bonds. The minimum atomic E-state index is 0.258. The normalized spacial score (nSPS) is 12.6. The second-order valence-electron chi connectivity index (χ2n) is 3.86. The summed E-state index contributed by atoms with van der Waals surface area (Å²) in [4.78, 5) is 8.59. The van der Waals surface area contributed by atoms with Gasteiger partial charge in [0.2, 0.25) is 0 Å². The molecule has 1 rings (SSSR count). The number of methoxy groups -OCH3 is 1. The topological polar surface area (TPSA) is 47.0 Å². The SMILES string of the molecule is COCCC(C)Nc1nc(C)c(C)nc1Cl. The summed E-state index contributed by atoms with van der Waals surface area (Å²) >= 11 is 6.01. The van der Waals surface area contributed by atoms with E-state index in [2.05, 4.69) is 22.2 Å². The molecule has 1 heterocycles. The number of hydrogen-bond acceptors (Lipinski definition) is 4. The first kappa shape index (κ1) is 13.2. The number of aryl methyl sites for hydroxylation is 2. The Balaban J connectivity index is 2.69. The minimum Gasteiger partial charge on any atom is -0.385 e. The van der Waals surface area contributed by atoms with Gasteiger partial charge >= 0.3 is 0 Å². The lowest BCUT2D eigenvalue weighted by atomic mass is 10.2. The largest absolute Gasteiger partial charge is 0.385 e. The van der Waals surface area contributed by atoms with E-state index in [9.17, 15) is 0 Å². The number of aromatic nitrogens is 2. The molecule has 0 spiro atoms. The number of halogens is 1. The molecule has 0 aromatic carbocycles. The van der Waals surface area contributed by atoms with Crippen LogP contribution in [0.15, 0.2) is 0 Å². The van der Waals surface area contributed by atoms with Crippen LogP contribution < -0.4 is 5.32 Å². The number of rotatable bonds is 5. The first-order valence-corrected chi connectivity index (χ1v) is 5.68. The first-order chi connectivity index (χ1) is 7.54. The molecule has 1 aromatic heterocycles. The second kappa shape index (κ2) is 6.01. The molecule has 1 atom stereocenters. The summed E-state index contributed by atoms with van der Waals surface area (Å²) in [6.07, 6.45) is 0.904. The zero-order valence-electron chi connectivity index (χ0n) is 10.2. The van der Waals surface area contributed by atoms with Gasteiger partial charge in [-0.2, -0.15) is 0 Å². The van der Waals surface area contributed by atoms with Crippen LogP contribution in [0.4, 0.5) is 5.82 Å². The summed E-state index contributed by atoms with van der Waals surface area (Å²) in [6.45, 7) is 6.59. The summed E-state index contributed by atoms with van der Waals surface area (Å²) in [6, 6.07) is 0.258. The average Bonchev–Trinajstić information content (AvgIpc) is 2.23. The molecule has 0 aliphatic heterocycles. The third-order valence-electron chi connectivity index (χ3n) is 2.40. The number of anilines is 1. The third-order valence-corrected chi connectivity index (χ3v) is 2.67. The van der Waals surface area contributed by atoms with Crippen molar-refractivity contribution < 1.29 is 4.74 Å². The molecule has 90 valence electrons. The predicted octanol–water partition coefficient (Wildman–Crippen LogP) is 2.58. The molecule has 4 nitrogen and oxygen atoms in total. The van der Waals surface area contributed by atoms with Crippen LogP contribution in [0.25, 0.3) is 0 Å². The maximum Gasteiger partial charge on any atom is 0.171 e. The zero-order valence-corrected chi connectivity index (χ0v) is 10.9. The van der Waals surface area contributed by atoms with Crippen LogP contribution in [0.5, 0.6) is 0 Å². The van der Waals surface area contributed by atoms with Crippen LogP contribution in [-0.2, 0) is 4.74 Å². The lowest BCUT2D eigenvalue weighted by molar-refractivity contribution is 0.191. The molecule has 1 unspecified atom stereocenters. The average molecular weight is 244 g/mol. The van der Waals surface area contributed by atoms with Crippen molar-refractivity contribution >= 4 is 17.4 Å². The highest BCUT2D eigenvalue weighted by Crippen LogP contribution is 2.19. The van der Waals surface area contributed by atoms with E-state index >= 15 is 0 Å². The van der Waals surface area contributed by atoms with Crippen molar-refractivity contribution in [2.45, 2.75) is 33.2 Å². The smallest absolute Gasteiger partial charge is 0.171 e. The molecule has 16 heavy (non-hydrogen) atoms. The van der Waals surface area contributed by atoms with Crippen LogP contribution in [0, 0.1) is 13.8 Å². The highest BCUT2D eigenvalue weighted by atomic mass is 35.5. The predicted molar refractivity (Wildman–Crippen MR) is 66.1 cm³/mol. The molecule has 0 saturated heterocycles. The van der Waals surface area contributed by atoms with Gasteiger partial charge in [-0.15, -0.1) is 0 Å². The second-order valence-corrected chi connectivity index (χ2v) is 4.22. The fraction of sp³-hybridized carbons (Fsp3) is 0.636. The third kappa shape index (κ3) is 3.61. The minimum absolute atomic E-state index is 0.258. The molecule has 0 radical (unpaired) electrons. The van der Waals surface area contributed by atoms with Gasteiger partial charge in [-0.05, 0) is 27.2 Å². The maximum atomic E-state index is 6.01. The molecule has 0 aliphatic rings. The lowest BCUT2D eigenvalue weighted by Crippen LogP contribution is -2.19. The Morgan fingerprint density at radius 2 is 1.94 bits per heavy atom. The van der Waals surface area contributed by atoms with Crippen LogP contribution in [0.1, 0.15) is 24.7 Å². The number of ether oxygens (including phenoxy) is 1. The highest BCUT2D eigenvalue weighted by Gasteiger charge is 2.09. The molecule has 1 N–H and O–H groups in total. The van der Waals surface area contributed by atoms with Crippen molar-refractivity contribution in [1.82, 2.24) is 9.97 Å². The molecular formula is C11H18ClN3O. The van der Waals surface area contributed by atoms with Gasteiger partial charge in [-0.1, -0.05) is 11.6 Å². The van der Waals surface area contributed by atoms with Crippen molar-refractivity contribution in [3.05, 3.63) is 16.5 Å². The Kier molecular flexibility index (Phi) is 4.96. The molecule has 0 saturated carbocycles. The van der Waals surface area contributed by atoms with Crippen molar-refractivity contribution in [2.24, 2.45) is 0 Å². The van der Waals surface area contributed by atoms with E-state index in [4.69, 9.17) is 16.3 Å². The van der Waals surface area contributed by atoms with Gasteiger partial charge < -0.3 is 10.1 Å². The number of nitrogens with one attached hydrogen (secondary N) is 1. The lowest BCUT2D eigenvalue weighted by Gasteiger charge is -2.15. The summed E-state index contributed by atoms with van der Waals surface area (Å²) in [7, 11) is 1.69. The van der Waals surface area contributed by atoms with Crippen molar-refractivity contribution in [1.29, 1.82) is 0 Å². The summed E-state index contributed by atoms with van der Waals surface area (Å²) in [5.74, 6) is 0.647. The molecule has 0 fully saturated rings. The Bertz CT molecular complexity index is 357. The fourth-order valence-electron chi connectivity index (χ4n) is 1.27. The van der Waals surface area contributed by atoms with Crippen LogP contribution in [-0.4, -0.2) is 29.7 Å². The van der Waals surface area contributed by atoms with E-state index in [0.717, 1.165) is 17.8 Å². The molecule has 0 bridgehead atoms. The van der Waals surface area contributed by atoms with E-state index in [1.165, 1.54) is 0 Å². The van der Waals surface area contributed by atoms with E-state index in [-0.39, 0.29) is 6.04 Å². The van der Waals surface area contributed by atoms with Crippen LogP contribution in [0.3, 0.4) is 0 Å². The number of nitrogens with zero attached hydrogens (tertiary/aromatic N) is 2. The summed E-state index contributed by atoms with van der Waals surface area (Å²) in [5, 5.41) is 3.65. The summed E-state index contributed by atoms with van der Waals surface area (Å²) < 4.78 is 5.01. The molecule has 1 aromatic rings. The Morgan fingerprint density at radius 1 is 1.31 bits per heavy atom. The van der Waals surface area contributed by atoms with Crippen LogP contribution >= 0.6 is 11.6 Å². The molecule has 5 heteroatoms. The van der Waals surface area contributed by atoms with Crippen molar-refractivity contribution in [2.75, 3.05) is 19.0 Å². The standard InChI is InChI=1S/C11H18ClN3O/c1-7(5-6-16-4)13-11-10(12)14-8(2)9(3)15-11/h7H,5-6H2,1-4H3,(H,13,15). The van der Waals surface area contributed by atoms with E-state index in [1.54, 1.807) is 7.11 Å². The zero-order chi connectivity index (χ0) is 12.1. The Morgan fingerprint density at radius 3 is 2.56 bits per heavy atom. The van der Waals surface area contributed by atoms with Crippen molar-refractivity contribution in [3.8, 4) is 0 Å². The quantitative estimate of drug-likeness (QED) is 0.864. The number of hydrogen-bond donors (Lipinski definition) is 1. The van der Waals surface area contributed by atoms with Gasteiger partial charge in [-0.25, -0.2) is 9.97 Å². The Hall–Kier alpha value is -0.870. The van der Waals surface area contributed by atoms with Crippen molar-refractivity contribution in [3.63, 3.8) is 0 Å².